The summed E-state index contributed by atoms with van der Waals surface area (Å²) < 4.78 is 28.3. The van der Waals surface area contributed by atoms with Crippen molar-refractivity contribution in [2.24, 2.45) is 17.8 Å². The molecule has 2 heterocycles. The van der Waals surface area contributed by atoms with Gasteiger partial charge in [-0.2, -0.15) is 9.57 Å². The van der Waals surface area contributed by atoms with Crippen molar-refractivity contribution in [3.8, 4) is 6.07 Å². The van der Waals surface area contributed by atoms with E-state index in [4.69, 9.17) is 0 Å². The van der Waals surface area contributed by atoms with E-state index in [0.29, 0.717) is 55.9 Å². The minimum Gasteiger partial charge on any atom is -0.317 e. The van der Waals surface area contributed by atoms with Crippen LogP contribution in [0.25, 0.3) is 0 Å². The molecule has 0 atom stereocenters. The van der Waals surface area contributed by atoms with Gasteiger partial charge in [0.25, 0.3) is 0 Å². The summed E-state index contributed by atoms with van der Waals surface area (Å²) in [4.78, 5) is 30.6. The zero-order valence-corrected chi connectivity index (χ0v) is 21.3. The van der Waals surface area contributed by atoms with Gasteiger partial charge in [0.15, 0.2) is 11.6 Å². The summed E-state index contributed by atoms with van der Waals surface area (Å²) >= 11 is 0. The molecule has 9 heteroatoms. The normalized spacial score (nSPS) is 21.6. The molecule has 1 saturated carbocycles. The highest BCUT2D eigenvalue weighted by atomic mass is 32.2. The molecule has 1 N–H and O–H groups in total. The Kier molecular flexibility index (Phi) is 8.83. The number of hydrogen-bond donors (Lipinski definition) is 1. The SMILES string of the molecule is CCCC(=O)c1cc(C#N)c(N(C(=O)C2CCNCC2)S(=O)(=O)CC2CCC(C)CC2)nc1C. The lowest BCUT2D eigenvalue weighted by molar-refractivity contribution is -0.121. The second-order valence-electron chi connectivity index (χ2n) is 9.81. The molecule has 0 unspecified atom stereocenters. The molecule has 1 aromatic rings. The fraction of sp³-hybridized carbons (Fsp3) is 0.680. The number of nitriles is 1. The van der Waals surface area contributed by atoms with Crippen LogP contribution >= 0.6 is 0 Å². The number of rotatable bonds is 8. The summed E-state index contributed by atoms with van der Waals surface area (Å²) in [5.74, 6) is -0.889. The van der Waals surface area contributed by atoms with Crippen LogP contribution in [0.1, 0.15) is 86.8 Å². The third-order valence-electron chi connectivity index (χ3n) is 7.03. The van der Waals surface area contributed by atoms with Gasteiger partial charge < -0.3 is 5.32 Å². The summed E-state index contributed by atoms with van der Waals surface area (Å²) in [5, 5.41) is 13.1. The number of anilines is 1. The number of nitrogens with zero attached hydrogens (tertiary/aromatic N) is 3. The number of nitrogens with one attached hydrogen (secondary N) is 1. The highest BCUT2D eigenvalue weighted by Gasteiger charge is 2.39. The molecule has 2 fully saturated rings. The average molecular weight is 489 g/mol. The topological polar surface area (TPSA) is 120 Å². The van der Waals surface area contributed by atoms with Gasteiger partial charge in [-0.15, -0.1) is 0 Å². The first-order chi connectivity index (χ1) is 16.2. The number of Topliss-reactive ketones (excluding diaryl/α,β-unsaturated/α-hetero) is 1. The molecule has 1 saturated heterocycles. The number of aromatic nitrogens is 1. The molecule has 8 nitrogen and oxygen atoms in total. The second kappa shape index (κ2) is 11.4. The number of piperidine rings is 1. The van der Waals surface area contributed by atoms with Crippen LogP contribution in [0.3, 0.4) is 0 Å². The predicted molar refractivity (Wildman–Crippen MR) is 131 cm³/mol. The van der Waals surface area contributed by atoms with Crippen LogP contribution in [0.4, 0.5) is 5.82 Å². The first-order valence-corrected chi connectivity index (χ1v) is 14.0. The second-order valence-corrected chi connectivity index (χ2v) is 11.7. The Labute approximate surface area is 203 Å². The lowest BCUT2D eigenvalue weighted by Crippen LogP contribution is -2.47. The van der Waals surface area contributed by atoms with Gasteiger partial charge in [-0.3, -0.25) is 9.59 Å². The van der Waals surface area contributed by atoms with Gasteiger partial charge in [0.05, 0.1) is 17.0 Å². The van der Waals surface area contributed by atoms with Gasteiger partial charge in [-0.25, -0.2) is 13.4 Å². The van der Waals surface area contributed by atoms with Crippen LogP contribution in [-0.4, -0.2) is 43.9 Å². The van der Waals surface area contributed by atoms with Crippen molar-refractivity contribution in [1.29, 1.82) is 5.26 Å². The minimum atomic E-state index is -4.07. The molecule has 0 spiro atoms. The van der Waals surface area contributed by atoms with Crippen LogP contribution in [0.2, 0.25) is 0 Å². The third kappa shape index (κ3) is 6.02. The average Bonchev–Trinajstić information content (AvgIpc) is 2.81. The molecule has 2 aliphatic rings. The van der Waals surface area contributed by atoms with E-state index < -0.39 is 21.8 Å². The maximum Gasteiger partial charge on any atom is 0.245 e. The summed E-state index contributed by atoms with van der Waals surface area (Å²) in [6, 6.07) is 3.39. The van der Waals surface area contributed by atoms with E-state index in [2.05, 4.69) is 17.2 Å². The van der Waals surface area contributed by atoms with Gasteiger partial charge in [-0.1, -0.05) is 26.7 Å². The zero-order valence-electron chi connectivity index (χ0n) is 20.5. The number of ketones is 1. The molecule has 3 rings (SSSR count). The Morgan fingerprint density at radius 1 is 1.18 bits per heavy atom. The molecule has 1 amide bonds. The molecule has 1 aliphatic carbocycles. The van der Waals surface area contributed by atoms with E-state index in [9.17, 15) is 23.3 Å². The summed E-state index contributed by atoms with van der Waals surface area (Å²) in [6.45, 7) is 6.94. The summed E-state index contributed by atoms with van der Waals surface area (Å²) in [5.41, 5.74) is 0.570. The van der Waals surface area contributed by atoms with Crippen molar-refractivity contribution >= 4 is 27.5 Å². The molecule has 0 aromatic carbocycles. The number of aryl methyl sites for hydroxylation is 1. The van der Waals surface area contributed by atoms with E-state index in [1.165, 1.54) is 6.07 Å². The molecule has 186 valence electrons. The van der Waals surface area contributed by atoms with Crippen LogP contribution in [0, 0.1) is 36.0 Å². The first-order valence-electron chi connectivity index (χ1n) is 12.4. The van der Waals surface area contributed by atoms with Crippen LogP contribution in [-0.2, 0) is 14.8 Å². The van der Waals surface area contributed by atoms with Crippen LogP contribution in [0.15, 0.2) is 6.07 Å². The molecular weight excluding hydrogens is 452 g/mol. The summed E-state index contributed by atoms with van der Waals surface area (Å²) in [7, 11) is -4.07. The Balaban J connectivity index is 2.04. The van der Waals surface area contributed by atoms with Crippen molar-refractivity contribution in [2.75, 3.05) is 23.1 Å². The largest absolute Gasteiger partial charge is 0.317 e. The number of sulfonamides is 1. The van der Waals surface area contributed by atoms with Crippen LogP contribution < -0.4 is 9.62 Å². The fourth-order valence-corrected chi connectivity index (χ4v) is 6.85. The van der Waals surface area contributed by atoms with Crippen molar-refractivity contribution < 1.29 is 18.0 Å². The van der Waals surface area contributed by atoms with Gasteiger partial charge in [0, 0.05) is 17.9 Å². The maximum absolute atomic E-state index is 13.7. The van der Waals surface area contributed by atoms with Crippen molar-refractivity contribution in [3.63, 3.8) is 0 Å². The fourth-order valence-electron chi connectivity index (χ4n) is 4.95. The van der Waals surface area contributed by atoms with Gasteiger partial charge in [-0.05, 0) is 70.0 Å². The quantitative estimate of drug-likeness (QED) is 0.554. The number of carbonyl (C=O) groups excluding carboxylic acids is 2. The van der Waals surface area contributed by atoms with Crippen LogP contribution in [0.5, 0.6) is 0 Å². The van der Waals surface area contributed by atoms with Crippen molar-refractivity contribution in [2.45, 2.75) is 72.1 Å². The van der Waals surface area contributed by atoms with Crippen molar-refractivity contribution in [1.82, 2.24) is 10.3 Å². The molecule has 0 radical (unpaired) electrons. The number of carbonyl (C=O) groups is 2. The van der Waals surface area contributed by atoms with E-state index in [1.807, 2.05) is 13.0 Å². The molecule has 34 heavy (non-hydrogen) atoms. The maximum atomic E-state index is 13.7. The van der Waals surface area contributed by atoms with E-state index in [0.717, 1.165) is 30.0 Å². The Morgan fingerprint density at radius 2 is 1.82 bits per heavy atom. The Morgan fingerprint density at radius 3 is 2.41 bits per heavy atom. The third-order valence-corrected chi connectivity index (χ3v) is 8.83. The zero-order chi connectivity index (χ0) is 24.9. The number of pyridine rings is 1. The van der Waals surface area contributed by atoms with Crippen molar-refractivity contribution in [3.05, 3.63) is 22.9 Å². The van der Waals surface area contributed by atoms with Gasteiger partial charge >= 0.3 is 0 Å². The van der Waals surface area contributed by atoms with Gasteiger partial charge in [0.2, 0.25) is 15.9 Å². The summed E-state index contributed by atoms with van der Waals surface area (Å²) in [6.07, 6.45) is 5.56. The van der Waals surface area contributed by atoms with E-state index >= 15 is 0 Å². The molecular formula is C25H36N4O4S. The smallest absolute Gasteiger partial charge is 0.245 e. The lowest BCUT2D eigenvalue weighted by atomic mass is 9.84. The predicted octanol–water partition coefficient (Wildman–Crippen LogP) is 3.73. The molecule has 1 aromatic heterocycles. The molecule has 0 bridgehead atoms. The number of hydrogen-bond acceptors (Lipinski definition) is 7. The van der Waals surface area contributed by atoms with E-state index in [-0.39, 0.29) is 28.8 Å². The van der Waals surface area contributed by atoms with E-state index in [1.54, 1.807) is 6.92 Å². The Hall–Kier alpha value is -2.31. The molecule has 1 aliphatic heterocycles. The number of amides is 1. The highest BCUT2D eigenvalue weighted by molar-refractivity contribution is 7.93. The minimum absolute atomic E-state index is 0.0263. The lowest BCUT2D eigenvalue weighted by Gasteiger charge is -2.32. The first kappa shape index (κ1) is 26.3. The standard InChI is InChI=1S/C25H36N4O4S/c1-4-5-23(30)22-14-21(15-26)24(28-18(22)3)29(25(31)20-10-12-27-13-11-20)34(32,33)16-19-8-6-17(2)7-9-19/h14,17,19-20,27H,4-13,16H2,1-3H3. The highest BCUT2D eigenvalue weighted by Crippen LogP contribution is 2.33. The van der Waals surface area contributed by atoms with Gasteiger partial charge in [0.1, 0.15) is 6.07 Å². The Bertz CT molecular complexity index is 1050. The monoisotopic (exact) mass is 488 g/mol.